The Morgan fingerprint density at radius 1 is 1.10 bits per heavy atom. The highest BCUT2D eigenvalue weighted by Crippen LogP contribution is 2.32. The molecule has 176 valence electrons. The van der Waals surface area contributed by atoms with Crippen LogP contribution in [-0.4, -0.2) is 56.1 Å². The van der Waals surface area contributed by atoms with Gasteiger partial charge in [0.2, 0.25) is 10.0 Å². The van der Waals surface area contributed by atoms with Crippen molar-refractivity contribution in [3.05, 3.63) is 33.3 Å². The maximum Gasteiger partial charge on any atom is 0.211 e. The highest BCUT2D eigenvalue weighted by Gasteiger charge is 2.29. The minimum Gasteiger partial charge on any atom is -0.303 e. The molecule has 31 heavy (non-hydrogen) atoms. The Balaban J connectivity index is 1.32. The first-order chi connectivity index (χ1) is 14.8. The number of benzene rings is 1. The van der Waals surface area contributed by atoms with Crippen LogP contribution in [0.3, 0.4) is 0 Å². The fourth-order valence-electron chi connectivity index (χ4n) is 5.51. The Morgan fingerprint density at radius 3 is 2.39 bits per heavy atom. The van der Waals surface area contributed by atoms with Crippen molar-refractivity contribution in [3.8, 4) is 0 Å². The molecule has 0 radical (unpaired) electrons. The van der Waals surface area contributed by atoms with Crippen molar-refractivity contribution in [1.29, 1.82) is 0 Å². The van der Waals surface area contributed by atoms with Crippen LogP contribution >= 0.6 is 27.5 Å². The number of piperidine rings is 1. The van der Waals surface area contributed by atoms with Crippen molar-refractivity contribution in [3.63, 3.8) is 0 Å². The lowest BCUT2D eigenvalue weighted by atomic mass is 9.83. The molecule has 7 heteroatoms. The average molecular weight is 534 g/mol. The maximum atomic E-state index is 12.0. The largest absolute Gasteiger partial charge is 0.303 e. The fourth-order valence-corrected chi connectivity index (χ4v) is 7.34. The van der Waals surface area contributed by atoms with E-state index >= 15 is 0 Å². The van der Waals surface area contributed by atoms with Gasteiger partial charge in [-0.05, 0) is 113 Å². The Bertz CT molecular complexity index is 804. The monoisotopic (exact) mass is 532 g/mol. The minimum atomic E-state index is -3.08. The predicted molar refractivity (Wildman–Crippen MR) is 134 cm³/mol. The summed E-state index contributed by atoms with van der Waals surface area (Å²) in [5, 5.41) is 0.823. The van der Waals surface area contributed by atoms with Crippen molar-refractivity contribution < 1.29 is 8.42 Å². The molecular weight excluding hydrogens is 496 g/mol. The second-order valence-corrected chi connectivity index (χ2v) is 12.7. The molecule has 0 atom stereocenters. The molecule has 1 aromatic rings. The molecular formula is C24H38BrClN2O2S. The molecule has 0 N–H and O–H groups in total. The van der Waals surface area contributed by atoms with Crippen LogP contribution in [0.4, 0.5) is 0 Å². The molecule has 0 aromatic heterocycles. The van der Waals surface area contributed by atoms with Crippen LogP contribution in [0.5, 0.6) is 0 Å². The molecule has 0 unspecified atom stereocenters. The molecule has 1 saturated heterocycles. The summed E-state index contributed by atoms with van der Waals surface area (Å²) in [6, 6.07) is 6.31. The molecule has 1 heterocycles. The van der Waals surface area contributed by atoms with Crippen LogP contribution in [0.15, 0.2) is 22.7 Å². The van der Waals surface area contributed by atoms with E-state index in [9.17, 15) is 8.42 Å². The van der Waals surface area contributed by atoms with Gasteiger partial charge in [-0.15, -0.1) is 0 Å². The highest BCUT2D eigenvalue weighted by molar-refractivity contribution is 9.10. The first-order valence-corrected chi connectivity index (χ1v) is 14.9. The Morgan fingerprint density at radius 2 is 1.77 bits per heavy atom. The number of hydrogen-bond acceptors (Lipinski definition) is 3. The lowest BCUT2D eigenvalue weighted by Gasteiger charge is -2.35. The standard InChI is InChI=1S/C24H38BrClN2O2S/c1-3-28(31(2,29)30)23-9-6-19(7-10-23)5-4-14-27-15-12-20(13-16-27)17-21-18-22(26)8-11-24(21)25/h8,11,18-20,23H,3-7,9-10,12-17H2,1-2H3/t19-,23-. The second kappa shape index (κ2) is 11.8. The van der Waals surface area contributed by atoms with Crippen molar-refractivity contribution >= 4 is 37.6 Å². The first-order valence-electron chi connectivity index (χ1n) is 11.9. The van der Waals surface area contributed by atoms with E-state index in [0.717, 1.165) is 36.1 Å². The summed E-state index contributed by atoms with van der Waals surface area (Å²) in [5.74, 6) is 1.52. The quantitative estimate of drug-likeness (QED) is 0.392. The molecule has 1 aliphatic carbocycles. The zero-order valence-corrected chi connectivity index (χ0v) is 22.2. The van der Waals surface area contributed by atoms with Crippen molar-refractivity contribution in [2.24, 2.45) is 11.8 Å². The summed E-state index contributed by atoms with van der Waals surface area (Å²) in [5.41, 5.74) is 1.33. The van der Waals surface area contributed by atoms with Gasteiger partial charge in [-0.25, -0.2) is 8.42 Å². The molecule has 2 fully saturated rings. The molecule has 2 aliphatic rings. The molecule has 0 amide bonds. The third-order valence-corrected chi connectivity index (χ3v) is 9.69. The van der Waals surface area contributed by atoms with Crippen LogP contribution in [0, 0.1) is 11.8 Å². The molecule has 1 aliphatic heterocycles. The predicted octanol–water partition coefficient (Wildman–Crippen LogP) is 5.98. The van der Waals surface area contributed by atoms with Crippen LogP contribution in [0.1, 0.15) is 63.9 Å². The van der Waals surface area contributed by atoms with Gasteiger partial charge in [0.1, 0.15) is 0 Å². The minimum absolute atomic E-state index is 0.217. The fraction of sp³-hybridized carbons (Fsp3) is 0.750. The maximum absolute atomic E-state index is 12.0. The van der Waals surface area contributed by atoms with Crippen molar-refractivity contribution in [2.45, 2.75) is 70.8 Å². The number of hydrogen-bond donors (Lipinski definition) is 0. The van der Waals surface area contributed by atoms with Gasteiger partial charge >= 0.3 is 0 Å². The zero-order chi connectivity index (χ0) is 22.4. The van der Waals surface area contributed by atoms with Crippen molar-refractivity contribution in [1.82, 2.24) is 9.21 Å². The van der Waals surface area contributed by atoms with Gasteiger partial charge in [-0.2, -0.15) is 4.31 Å². The van der Waals surface area contributed by atoms with Crippen LogP contribution in [0.25, 0.3) is 0 Å². The number of halogens is 2. The number of sulfonamides is 1. The summed E-state index contributed by atoms with van der Waals surface area (Å²) >= 11 is 9.84. The lowest BCUT2D eigenvalue weighted by molar-refractivity contribution is 0.169. The van der Waals surface area contributed by atoms with E-state index in [1.165, 1.54) is 74.5 Å². The van der Waals surface area contributed by atoms with Gasteiger partial charge in [0.25, 0.3) is 0 Å². The molecule has 3 rings (SSSR count). The SMILES string of the molecule is CCN([C@H]1CC[C@H](CCCN2CCC(Cc3cc(Cl)ccc3Br)CC2)CC1)S(C)(=O)=O. The van der Waals surface area contributed by atoms with Gasteiger partial charge in [-0.1, -0.05) is 34.5 Å². The molecule has 1 saturated carbocycles. The molecule has 4 nitrogen and oxygen atoms in total. The molecule has 0 bridgehead atoms. The van der Waals surface area contributed by atoms with Crippen LogP contribution in [0.2, 0.25) is 5.02 Å². The van der Waals surface area contributed by atoms with Crippen LogP contribution < -0.4 is 0 Å². The first kappa shape index (κ1) is 25.5. The smallest absolute Gasteiger partial charge is 0.211 e. The van der Waals surface area contributed by atoms with Gasteiger partial charge in [0, 0.05) is 22.1 Å². The molecule has 1 aromatic carbocycles. The van der Waals surface area contributed by atoms with E-state index in [-0.39, 0.29) is 6.04 Å². The van der Waals surface area contributed by atoms with E-state index in [0.29, 0.717) is 6.54 Å². The Hall–Kier alpha value is -0.140. The summed E-state index contributed by atoms with van der Waals surface area (Å²) in [7, 11) is -3.08. The average Bonchev–Trinajstić information content (AvgIpc) is 2.73. The Labute approximate surface area is 202 Å². The second-order valence-electron chi connectivity index (χ2n) is 9.51. The third-order valence-electron chi connectivity index (χ3n) is 7.27. The Kier molecular flexibility index (Phi) is 9.72. The topological polar surface area (TPSA) is 40.6 Å². The summed E-state index contributed by atoms with van der Waals surface area (Å²) in [6.45, 7) is 6.16. The lowest BCUT2D eigenvalue weighted by Crippen LogP contribution is -2.41. The van der Waals surface area contributed by atoms with Crippen LogP contribution in [-0.2, 0) is 16.4 Å². The number of likely N-dealkylation sites (tertiary alicyclic amines) is 1. The van der Waals surface area contributed by atoms with E-state index in [4.69, 9.17) is 11.6 Å². The van der Waals surface area contributed by atoms with E-state index in [1.54, 1.807) is 4.31 Å². The molecule has 0 spiro atoms. The van der Waals surface area contributed by atoms with Gasteiger partial charge < -0.3 is 4.90 Å². The summed E-state index contributed by atoms with van der Waals surface area (Å²) < 4.78 is 26.8. The van der Waals surface area contributed by atoms with Gasteiger partial charge in [0.15, 0.2) is 0 Å². The van der Waals surface area contributed by atoms with E-state index in [1.807, 2.05) is 13.0 Å². The van der Waals surface area contributed by atoms with E-state index in [2.05, 4.69) is 33.0 Å². The highest BCUT2D eigenvalue weighted by atomic mass is 79.9. The number of rotatable bonds is 9. The van der Waals surface area contributed by atoms with Gasteiger partial charge in [-0.3, -0.25) is 0 Å². The van der Waals surface area contributed by atoms with E-state index < -0.39 is 10.0 Å². The number of nitrogens with zero attached hydrogens (tertiary/aromatic N) is 2. The normalized spacial score (nSPS) is 24.0. The summed E-state index contributed by atoms with van der Waals surface area (Å²) in [4.78, 5) is 2.64. The summed E-state index contributed by atoms with van der Waals surface area (Å²) in [6.07, 6.45) is 11.9. The third kappa shape index (κ3) is 7.70. The van der Waals surface area contributed by atoms with Gasteiger partial charge in [0.05, 0.1) is 6.26 Å². The van der Waals surface area contributed by atoms with Crippen molar-refractivity contribution in [2.75, 3.05) is 32.4 Å². The zero-order valence-electron chi connectivity index (χ0n) is 19.0.